The molecule has 1 aliphatic rings. The van der Waals surface area contributed by atoms with Crippen LogP contribution >= 0.6 is 0 Å². The molecule has 2 heterocycles. The van der Waals surface area contributed by atoms with Crippen molar-refractivity contribution in [1.29, 1.82) is 0 Å². The van der Waals surface area contributed by atoms with Gasteiger partial charge in [-0.1, -0.05) is 24.3 Å². The van der Waals surface area contributed by atoms with Crippen LogP contribution in [0.25, 0.3) is 0 Å². The van der Waals surface area contributed by atoms with Crippen molar-refractivity contribution in [3.8, 4) is 0 Å². The van der Waals surface area contributed by atoms with Gasteiger partial charge in [-0.25, -0.2) is 8.42 Å². The van der Waals surface area contributed by atoms with E-state index in [0.29, 0.717) is 18.7 Å². The Morgan fingerprint density at radius 2 is 1.65 bits per heavy atom. The minimum Gasteiger partial charge on any atom is -0.339 e. The number of hydrogen-bond acceptors (Lipinski definition) is 4. The van der Waals surface area contributed by atoms with Gasteiger partial charge in [0, 0.05) is 37.9 Å². The minimum atomic E-state index is -3.54. The first-order chi connectivity index (χ1) is 12.4. The Kier molecular flexibility index (Phi) is 5.24. The Labute approximate surface area is 152 Å². The molecule has 1 aromatic carbocycles. The van der Waals surface area contributed by atoms with Gasteiger partial charge < -0.3 is 9.47 Å². The van der Waals surface area contributed by atoms with Crippen LogP contribution in [-0.4, -0.2) is 54.3 Å². The van der Waals surface area contributed by atoms with Crippen molar-refractivity contribution < 1.29 is 13.2 Å². The summed E-state index contributed by atoms with van der Waals surface area (Å²) in [6.07, 6.45) is 1.59. The third kappa shape index (κ3) is 3.71. The molecular formula is C18H21N3O4S. The van der Waals surface area contributed by atoms with Crippen LogP contribution in [0, 0.1) is 6.92 Å². The standard InChI is InChI=1S/C18H21N3O4S/c1-15-6-5-9-20(18(15)23)14-17(22)19-10-12-21(13-11-19)26(24,25)16-7-3-2-4-8-16/h2-9H,10-14H2,1H3. The minimum absolute atomic E-state index is 0.0358. The Balaban J connectivity index is 1.64. The fraction of sp³-hybridized carbons (Fsp3) is 0.333. The van der Waals surface area contributed by atoms with E-state index in [0.717, 1.165) is 0 Å². The molecule has 0 saturated carbocycles. The molecule has 0 N–H and O–H groups in total. The Morgan fingerprint density at radius 3 is 2.31 bits per heavy atom. The van der Waals surface area contributed by atoms with Gasteiger partial charge in [0.05, 0.1) is 4.90 Å². The molecule has 3 rings (SSSR count). The number of amides is 1. The van der Waals surface area contributed by atoms with E-state index < -0.39 is 10.0 Å². The smallest absolute Gasteiger partial charge is 0.253 e. The zero-order valence-corrected chi connectivity index (χ0v) is 15.4. The Morgan fingerprint density at radius 1 is 1.00 bits per heavy atom. The van der Waals surface area contributed by atoms with Crippen molar-refractivity contribution in [2.75, 3.05) is 26.2 Å². The largest absolute Gasteiger partial charge is 0.339 e. The van der Waals surface area contributed by atoms with Crippen LogP contribution in [0.4, 0.5) is 0 Å². The van der Waals surface area contributed by atoms with Crippen molar-refractivity contribution in [2.45, 2.75) is 18.4 Å². The SMILES string of the molecule is Cc1cccn(CC(=O)N2CCN(S(=O)(=O)c3ccccc3)CC2)c1=O. The van der Waals surface area contributed by atoms with Gasteiger partial charge in [0.15, 0.2) is 0 Å². The quantitative estimate of drug-likeness (QED) is 0.788. The van der Waals surface area contributed by atoms with Crippen LogP contribution in [0.1, 0.15) is 5.56 Å². The van der Waals surface area contributed by atoms with Crippen molar-refractivity contribution >= 4 is 15.9 Å². The van der Waals surface area contributed by atoms with Crippen molar-refractivity contribution in [3.63, 3.8) is 0 Å². The molecule has 0 spiro atoms. The second-order valence-electron chi connectivity index (χ2n) is 6.22. The number of carbonyl (C=O) groups is 1. The molecule has 0 aliphatic carbocycles. The van der Waals surface area contributed by atoms with Crippen LogP contribution in [-0.2, 0) is 21.4 Å². The first-order valence-corrected chi connectivity index (χ1v) is 9.82. The number of nitrogens with zero attached hydrogens (tertiary/aromatic N) is 3. The molecule has 8 heteroatoms. The summed E-state index contributed by atoms with van der Waals surface area (Å²) in [5.74, 6) is -0.186. The van der Waals surface area contributed by atoms with Gasteiger partial charge in [-0.2, -0.15) is 4.31 Å². The van der Waals surface area contributed by atoms with E-state index in [9.17, 15) is 18.0 Å². The molecule has 1 aliphatic heterocycles. The lowest BCUT2D eigenvalue weighted by Gasteiger charge is -2.34. The zero-order chi connectivity index (χ0) is 18.7. The van der Waals surface area contributed by atoms with E-state index in [4.69, 9.17) is 0 Å². The van der Waals surface area contributed by atoms with Gasteiger partial charge >= 0.3 is 0 Å². The highest BCUT2D eigenvalue weighted by molar-refractivity contribution is 7.89. The number of rotatable bonds is 4. The summed E-state index contributed by atoms with van der Waals surface area (Å²) >= 11 is 0. The van der Waals surface area contributed by atoms with Gasteiger partial charge in [0.2, 0.25) is 15.9 Å². The van der Waals surface area contributed by atoms with Gasteiger partial charge in [-0.15, -0.1) is 0 Å². The van der Waals surface area contributed by atoms with Crippen LogP contribution in [0.2, 0.25) is 0 Å². The third-order valence-electron chi connectivity index (χ3n) is 4.49. The lowest BCUT2D eigenvalue weighted by Crippen LogP contribution is -2.51. The fourth-order valence-corrected chi connectivity index (χ4v) is 4.39. The summed E-state index contributed by atoms with van der Waals surface area (Å²) < 4.78 is 28.0. The van der Waals surface area contributed by atoms with E-state index in [1.165, 1.54) is 8.87 Å². The van der Waals surface area contributed by atoms with Crippen LogP contribution in [0.5, 0.6) is 0 Å². The lowest BCUT2D eigenvalue weighted by atomic mass is 10.3. The second-order valence-corrected chi connectivity index (χ2v) is 8.16. The number of hydrogen-bond donors (Lipinski definition) is 0. The summed E-state index contributed by atoms with van der Waals surface area (Å²) in [5, 5.41) is 0. The Bertz CT molecular complexity index is 946. The normalized spacial score (nSPS) is 15.8. The molecule has 26 heavy (non-hydrogen) atoms. The highest BCUT2D eigenvalue weighted by Gasteiger charge is 2.30. The van der Waals surface area contributed by atoms with E-state index in [2.05, 4.69) is 0 Å². The van der Waals surface area contributed by atoms with Gasteiger partial charge in [0.1, 0.15) is 6.54 Å². The molecule has 1 fully saturated rings. The molecule has 1 saturated heterocycles. The number of carbonyl (C=O) groups excluding carboxylic acids is 1. The van der Waals surface area contributed by atoms with Gasteiger partial charge in [-0.3, -0.25) is 9.59 Å². The molecule has 7 nitrogen and oxygen atoms in total. The predicted octanol–water partition coefficient (Wildman–Crippen LogP) is 0.690. The number of benzene rings is 1. The summed E-state index contributed by atoms with van der Waals surface area (Å²) in [4.78, 5) is 26.3. The Hall–Kier alpha value is -2.45. The monoisotopic (exact) mass is 375 g/mol. The summed E-state index contributed by atoms with van der Waals surface area (Å²) in [5.41, 5.74) is 0.394. The zero-order valence-electron chi connectivity index (χ0n) is 14.5. The van der Waals surface area contributed by atoms with Crippen molar-refractivity contribution in [2.24, 2.45) is 0 Å². The van der Waals surface area contributed by atoms with Gasteiger partial charge in [-0.05, 0) is 25.1 Å². The van der Waals surface area contributed by atoms with Crippen molar-refractivity contribution in [3.05, 3.63) is 64.6 Å². The molecule has 0 radical (unpaired) electrons. The van der Waals surface area contributed by atoms with Crippen molar-refractivity contribution in [1.82, 2.24) is 13.8 Å². The maximum atomic E-state index is 12.6. The first-order valence-electron chi connectivity index (χ1n) is 8.38. The number of piperazine rings is 1. The maximum Gasteiger partial charge on any atom is 0.253 e. The molecule has 138 valence electrons. The van der Waals surface area contributed by atoms with E-state index >= 15 is 0 Å². The molecule has 0 unspecified atom stereocenters. The molecule has 0 bridgehead atoms. The highest BCUT2D eigenvalue weighted by Crippen LogP contribution is 2.17. The second kappa shape index (κ2) is 7.43. The number of sulfonamides is 1. The predicted molar refractivity (Wildman–Crippen MR) is 97.2 cm³/mol. The average Bonchev–Trinajstić information content (AvgIpc) is 2.66. The molecule has 0 atom stereocenters. The van der Waals surface area contributed by atoms with E-state index in [1.807, 2.05) is 0 Å². The van der Waals surface area contributed by atoms with Crippen LogP contribution in [0.15, 0.2) is 58.4 Å². The summed E-state index contributed by atoms with van der Waals surface area (Å²) in [7, 11) is -3.54. The topological polar surface area (TPSA) is 79.7 Å². The van der Waals surface area contributed by atoms with E-state index in [-0.39, 0.29) is 36.0 Å². The molecule has 1 amide bonds. The summed E-state index contributed by atoms with van der Waals surface area (Å²) in [6.45, 7) is 2.77. The molecule has 1 aromatic heterocycles. The van der Waals surface area contributed by atoms with E-state index in [1.54, 1.807) is 60.5 Å². The number of pyridine rings is 1. The number of aryl methyl sites for hydroxylation is 1. The van der Waals surface area contributed by atoms with Gasteiger partial charge in [0.25, 0.3) is 5.56 Å². The lowest BCUT2D eigenvalue weighted by molar-refractivity contribution is -0.133. The van der Waals surface area contributed by atoms with Crippen LogP contribution < -0.4 is 5.56 Å². The van der Waals surface area contributed by atoms with Crippen LogP contribution in [0.3, 0.4) is 0 Å². The number of aromatic nitrogens is 1. The third-order valence-corrected chi connectivity index (χ3v) is 6.40. The highest BCUT2D eigenvalue weighted by atomic mass is 32.2. The molecular weight excluding hydrogens is 354 g/mol. The average molecular weight is 375 g/mol. The fourth-order valence-electron chi connectivity index (χ4n) is 2.95. The maximum absolute atomic E-state index is 12.6. The summed E-state index contributed by atoms with van der Waals surface area (Å²) in [6, 6.07) is 11.7. The molecule has 2 aromatic rings. The first kappa shape index (κ1) is 18.3.